The highest BCUT2D eigenvalue weighted by atomic mass is 16.3. The maximum Gasteiger partial charge on any atom is 0.151 e. The van der Waals surface area contributed by atoms with Crippen LogP contribution in [-0.4, -0.2) is 6.29 Å². The molecule has 2 aliphatic rings. The molecule has 1 aliphatic heterocycles. The number of aldehydes is 1. The third-order valence-electron chi connectivity index (χ3n) is 2.29. The zero-order chi connectivity index (χ0) is 9.26. The van der Waals surface area contributed by atoms with Gasteiger partial charge in [0.2, 0.25) is 0 Å². The number of hydrogen-bond donors (Lipinski definition) is 0. The van der Waals surface area contributed by atoms with Crippen molar-refractivity contribution in [2.24, 2.45) is 0 Å². The highest BCUT2D eigenvalue weighted by Gasteiger charge is 2.13. The van der Waals surface area contributed by atoms with Gasteiger partial charge in [-0.3, -0.25) is 4.79 Å². The van der Waals surface area contributed by atoms with E-state index in [-0.39, 0.29) is 0 Å². The van der Waals surface area contributed by atoms with Gasteiger partial charge in [0.15, 0.2) is 6.29 Å². The molecule has 0 amide bonds. The van der Waals surface area contributed by atoms with E-state index in [2.05, 4.69) is 0 Å². The Kier molecular flexibility index (Phi) is 1.89. The molecule has 1 heterocycles. The Bertz CT molecular complexity index is 401. The molecule has 2 heteroatoms. The smallest absolute Gasteiger partial charge is 0.151 e. The van der Waals surface area contributed by atoms with Crippen molar-refractivity contribution in [3.63, 3.8) is 0 Å². The Balaban J connectivity index is 2.72. The van der Waals surface area contributed by atoms with Crippen LogP contribution in [0.15, 0.2) is 29.1 Å². The fourth-order valence-electron chi connectivity index (χ4n) is 1.59. The number of carbonyl (C=O) groups excluding carboxylic acids is 1. The monoisotopic (exact) mass is 174 g/mol. The van der Waals surface area contributed by atoms with Gasteiger partial charge in [0.25, 0.3) is 0 Å². The number of aryl methyl sites for hydroxylation is 1. The van der Waals surface area contributed by atoms with Crippen LogP contribution in [0.5, 0.6) is 0 Å². The fourth-order valence-corrected chi connectivity index (χ4v) is 1.59. The van der Waals surface area contributed by atoms with Crippen molar-refractivity contribution in [2.45, 2.75) is 13.3 Å². The molecule has 13 heavy (non-hydrogen) atoms. The van der Waals surface area contributed by atoms with Gasteiger partial charge in [-0.1, -0.05) is 13.0 Å². The quantitative estimate of drug-likeness (QED) is 0.655. The molecule has 2 nitrogen and oxygen atoms in total. The molecule has 0 aromatic rings. The summed E-state index contributed by atoms with van der Waals surface area (Å²) in [5.74, 6) is 0. The summed E-state index contributed by atoms with van der Waals surface area (Å²) >= 11 is 0. The molecule has 2 rings (SSSR count). The van der Waals surface area contributed by atoms with E-state index < -0.39 is 0 Å². The van der Waals surface area contributed by atoms with Crippen molar-refractivity contribution in [3.05, 3.63) is 35.8 Å². The zero-order valence-electron chi connectivity index (χ0n) is 7.41. The molecule has 0 atom stereocenters. The second kappa shape index (κ2) is 3.05. The van der Waals surface area contributed by atoms with E-state index >= 15 is 0 Å². The van der Waals surface area contributed by atoms with Crippen LogP contribution in [0.3, 0.4) is 0 Å². The van der Waals surface area contributed by atoms with E-state index in [9.17, 15) is 4.79 Å². The van der Waals surface area contributed by atoms with E-state index in [0.717, 1.165) is 35.0 Å². The fraction of sp³-hybridized carbons (Fsp3) is 0.182. The lowest BCUT2D eigenvalue weighted by atomic mass is 10.1. The Hall–Kier alpha value is -1.57. The van der Waals surface area contributed by atoms with Crippen LogP contribution < -0.4 is 0 Å². The maximum atomic E-state index is 10.8. The van der Waals surface area contributed by atoms with Crippen molar-refractivity contribution in [1.82, 2.24) is 0 Å². The second-order valence-corrected chi connectivity index (χ2v) is 2.98. The number of fused-ring (bicyclic) bond motifs is 1. The predicted molar refractivity (Wildman–Crippen MR) is 50.1 cm³/mol. The average Bonchev–Trinajstić information content (AvgIpc) is 2.55. The summed E-state index contributed by atoms with van der Waals surface area (Å²) in [5.41, 5.74) is 3.84. The molecule has 0 saturated heterocycles. The highest BCUT2D eigenvalue weighted by molar-refractivity contribution is 5.91. The van der Waals surface area contributed by atoms with E-state index in [1.54, 1.807) is 12.5 Å². The van der Waals surface area contributed by atoms with Crippen molar-refractivity contribution >= 4 is 6.29 Å². The van der Waals surface area contributed by atoms with Crippen molar-refractivity contribution < 1.29 is 9.21 Å². The molecule has 0 bridgehead atoms. The molecule has 0 unspecified atom stereocenters. The van der Waals surface area contributed by atoms with E-state index in [1.807, 2.05) is 19.1 Å². The van der Waals surface area contributed by atoms with Crippen molar-refractivity contribution in [3.8, 4) is 11.1 Å². The summed E-state index contributed by atoms with van der Waals surface area (Å²) < 4.78 is 5.03. The van der Waals surface area contributed by atoms with Crippen LogP contribution in [-0.2, 0) is 6.42 Å². The van der Waals surface area contributed by atoms with Crippen LogP contribution >= 0.6 is 0 Å². The van der Waals surface area contributed by atoms with Crippen LogP contribution in [0.4, 0.5) is 0 Å². The minimum atomic E-state index is 0.766. The lowest BCUT2D eigenvalue weighted by molar-refractivity contribution is 0.112. The lowest BCUT2D eigenvalue weighted by Gasteiger charge is -1.96. The summed E-state index contributed by atoms with van der Waals surface area (Å²) in [5, 5.41) is 0. The Morgan fingerprint density at radius 3 is 3.08 bits per heavy atom. The van der Waals surface area contributed by atoms with E-state index in [4.69, 9.17) is 4.42 Å². The van der Waals surface area contributed by atoms with Crippen molar-refractivity contribution in [2.75, 3.05) is 0 Å². The van der Waals surface area contributed by atoms with E-state index in [1.165, 1.54) is 0 Å². The van der Waals surface area contributed by atoms with Crippen molar-refractivity contribution in [1.29, 1.82) is 0 Å². The number of carbonyl (C=O) groups is 1. The molecule has 0 fully saturated rings. The molecule has 0 aromatic heterocycles. The largest absolute Gasteiger partial charge is 0.472 e. The molecule has 0 spiro atoms. The van der Waals surface area contributed by atoms with Gasteiger partial charge in [-0.25, -0.2) is 0 Å². The summed E-state index contributed by atoms with van der Waals surface area (Å²) in [6.07, 6.45) is 5.02. The predicted octanol–water partition coefficient (Wildman–Crippen LogP) is 2.76. The normalized spacial score (nSPS) is 10.5. The average molecular weight is 174 g/mol. The summed E-state index contributed by atoms with van der Waals surface area (Å²) in [6.45, 7) is 2.04. The standard InChI is InChI=1S/C11H10O2/c1-2-8-5-9-3-4-13-7-11(9)10(8)6-12/h3-7H,2H2,1H3. The van der Waals surface area contributed by atoms with Crippen LogP contribution in [0.25, 0.3) is 11.1 Å². The SMILES string of the molecule is CCc1cc2ccocc-2c1C=O. The third-order valence-corrected chi connectivity index (χ3v) is 2.29. The molecule has 1 aliphatic carbocycles. The number of hydrogen-bond acceptors (Lipinski definition) is 2. The van der Waals surface area contributed by atoms with E-state index in [0.29, 0.717) is 0 Å². The lowest BCUT2D eigenvalue weighted by Crippen LogP contribution is -1.84. The van der Waals surface area contributed by atoms with Gasteiger partial charge in [-0.05, 0) is 23.6 Å². The van der Waals surface area contributed by atoms with Gasteiger partial charge >= 0.3 is 0 Å². The van der Waals surface area contributed by atoms with Crippen LogP contribution in [0, 0.1) is 0 Å². The first-order valence-corrected chi connectivity index (χ1v) is 4.29. The molecular weight excluding hydrogens is 164 g/mol. The minimum Gasteiger partial charge on any atom is -0.472 e. The summed E-state index contributed by atoms with van der Waals surface area (Å²) in [4.78, 5) is 10.8. The molecule has 66 valence electrons. The Labute approximate surface area is 76.5 Å². The number of rotatable bonds is 2. The molecule has 0 radical (unpaired) electrons. The van der Waals surface area contributed by atoms with Crippen LogP contribution in [0.1, 0.15) is 22.8 Å². The minimum absolute atomic E-state index is 0.766. The zero-order valence-corrected chi connectivity index (χ0v) is 7.41. The maximum absolute atomic E-state index is 10.8. The third kappa shape index (κ3) is 1.15. The van der Waals surface area contributed by atoms with Gasteiger partial charge in [-0.2, -0.15) is 0 Å². The van der Waals surface area contributed by atoms with Gasteiger partial charge in [0, 0.05) is 11.1 Å². The highest BCUT2D eigenvalue weighted by Crippen LogP contribution is 2.30. The molecule has 0 aromatic carbocycles. The van der Waals surface area contributed by atoms with Crippen LogP contribution in [0.2, 0.25) is 0 Å². The first-order chi connectivity index (χ1) is 6.36. The molecule has 0 N–H and O–H groups in total. The van der Waals surface area contributed by atoms with Gasteiger partial charge in [0.05, 0.1) is 12.5 Å². The second-order valence-electron chi connectivity index (χ2n) is 2.98. The first-order valence-electron chi connectivity index (χ1n) is 4.29. The summed E-state index contributed by atoms with van der Waals surface area (Å²) in [7, 11) is 0. The van der Waals surface area contributed by atoms with Gasteiger partial charge in [-0.15, -0.1) is 0 Å². The summed E-state index contributed by atoms with van der Waals surface area (Å²) in [6, 6.07) is 3.91. The molecular formula is C11H10O2. The Morgan fingerprint density at radius 2 is 2.38 bits per heavy atom. The van der Waals surface area contributed by atoms with Gasteiger partial charge in [0.1, 0.15) is 0 Å². The Morgan fingerprint density at radius 1 is 1.54 bits per heavy atom. The van der Waals surface area contributed by atoms with Gasteiger partial charge < -0.3 is 4.42 Å². The first kappa shape index (κ1) is 8.05. The molecule has 0 saturated carbocycles. The topological polar surface area (TPSA) is 30.2 Å².